The SMILES string of the molecule is CCN(CCC(N)=O)Cc1ccc(OCc2cccs2)c(OC)c1. The number of primary amides is 1. The predicted octanol–water partition coefficient (Wildman–Crippen LogP) is 3.03. The minimum Gasteiger partial charge on any atom is -0.493 e. The number of hydrogen-bond donors (Lipinski definition) is 1. The predicted molar refractivity (Wildman–Crippen MR) is 96.4 cm³/mol. The normalized spacial score (nSPS) is 10.8. The number of thiophene rings is 1. The maximum atomic E-state index is 10.9. The highest BCUT2D eigenvalue weighted by Gasteiger charge is 2.10. The summed E-state index contributed by atoms with van der Waals surface area (Å²) in [5, 5.41) is 2.03. The standard InChI is InChI=1S/C18H24N2O3S/c1-3-20(9-8-18(19)21)12-14-6-7-16(17(11-14)22-2)23-13-15-5-4-10-24-15/h4-7,10-11H,3,8-9,12-13H2,1-2H3,(H2,19,21). The molecule has 0 spiro atoms. The molecule has 2 aromatic rings. The van der Waals surface area contributed by atoms with Crippen LogP contribution in [0.25, 0.3) is 0 Å². The van der Waals surface area contributed by atoms with Crippen molar-refractivity contribution < 1.29 is 14.3 Å². The lowest BCUT2D eigenvalue weighted by atomic mass is 10.2. The van der Waals surface area contributed by atoms with Gasteiger partial charge >= 0.3 is 0 Å². The van der Waals surface area contributed by atoms with Gasteiger partial charge in [0.15, 0.2) is 11.5 Å². The Kier molecular flexibility index (Phi) is 7.08. The molecule has 0 saturated heterocycles. The molecule has 0 aliphatic carbocycles. The monoisotopic (exact) mass is 348 g/mol. The molecule has 0 unspecified atom stereocenters. The number of benzene rings is 1. The number of hydrogen-bond acceptors (Lipinski definition) is 5. The summed E-state index contributed by atoms with van der Waals surface area (Å²) in [6.07, 6.45) is 0.368. The minimum atomic E-state index is -0.275. The van der Waals surface area contributed by atoms with E-state index in [9.17, 15) is 4.79 Å². The molecule has 0 fully saturated rings. The smallest absolute Gasteiger partial charge is 0.218 e. The van der Waals surface area contributed by atoms with Gasteiger partial charge in [-0.05, 0) is 35.7 Å². The van der Waals surface area contributed by atoms with Crippen molar-refractivity contribution >= 4 is 17.2 Å². The highest BCUT2D eigenvalue weighted by Crippen LogP contribution is 2.29. The summed E-state index contributed by atoms with van der Waals surface area (Å²) in [6, 6.07) is 10.00. The number of carbonyl (C=O) groups is 1. The van der Waals surface area contributed by atoms with E-state index in [0.29, 0.717) is 19.6 Å². The van der Waals surface area contributed by atoms with Crippen LogP contribution in [0.15, 0.2) is 35.7 Å². The zero-order valence-electron chi connectivity index (χ0n) is 14.2. The second-order valence-electron chi connectivity index (χ2n) is 5.44. The number of carbonyl (C=O) groups excluding carboxylic acids is 1. The zero-order valence-corrected chi connectivity index (χ0v) is 15.0. The quantitative estimate of drug-likeness (QED) is 0.717. The van der Waals surface area contributed by atoms with Gasteiger partial charge in [0, 0.05) is 24.4 Å². The number of nitrogens with zero attached hydrogens (tertiary/aromatic N) is 1. The van der Waals surface area contributed by atoms with Gasteiger partial charge in [-0.15, -0.1) is 11.3 Å². The van der Waals surface area contributed by atoms with Crippen LogP contribution in [-0.2, 0) is 17.9 Å². The molecular formula is C18H24N2O3S. The molecule has 0 radical (unpaired) electrons. The molecule has 1 aromatic carbocycles. The maximum Gasteiger partial charge on any atom is 0.218 e. The van der Waals surface area contributed by atoms with Crippen LogP contribution in [0.3, 0.4) is 0 Å². The van der Waals surface area contributed by atoms with Gasteiger partial charge in [-0.1, -0.05) is 19.1 Å². The molecule has 0 saturated carbocycles. The fraction of sp³-hybridized carbons (Fsp3) is 0.389. The Bertz CT molecular complexity index is 644. The lowest BCUT2D eigenvalue weighted by Crippen LogP contribution is -2.27. The van der Waals surface area contributed by atoms with Crippen LogP contribution < -0.4 is 15.2 Å². The van der Waals surface area contributed by atoms with E-state index in [4.69, 9.17) is 15.2 Å². The van der Waals surface area contributed by atoms with Crippen molar-refractivity contribution in [2.45, 2.75) is 26.5 Å². The first kappa shape index (κ1) is 18.3. The van der Waals surface area contributed by atoms with E-state index in [2.05, 4.69) is 11.8 Å². The highest BCUT2D eigenvalue weighted by atomic mass is 32.1. The zero-order chi connectivity index (χ0) is 17.4. The highest BCUT2D eigenvalue weighted by molar-refractivity contribution is 7.09. The lowest BCUT2D eigenvalue weighted by Gasteiger charge is -2.20. The van der Waals surface area contributed by atoms with Gasteiger partial charge in [0.05, 0.1) is 7.11 Å². The Morgan fingerprint density at radius 3 is 2.75 bits per heavy atom. The van der Waals surface area contributed by atoms with Crippen LogP contribution in [-0.4, -0.2) is 31.0 Å². The second-order valence-corrected chi connectivity index (χ2v) is 6.47. The van der Waals surface area contributed by atoms with Crippen LogP contribution >= 0.6 is 11.3 Å². The molecule has 1 aromatic heterocycles. The van der Waals surface area contributed by atoms with Gasteiger partial charge in [-0.2, -0.15) is 0 Å². The van der Waals surface area contributed by atoms with Gasteiger partial charge < -0.3 is 15.2 Å². The molecule has 1 amide bonds. The summed E-state index contributed by atoms with van der Waals surface area (Å²) in [5.41, 5.74) is 6.34. The van der Waals surface area contributed by atoms with E-state index in [1.54, 1.807) is 18.4 Å². The molecule has 5 nitrogen and oxygen atoms in total. The molecule has 2 rings (SSSR count). The van der Waals surface area contributed by atoms with E-state index in [0.717, 1.165) is 30.2 Å². The van der Waals surface area contributed by atoms with Crippen molar-refractivity contribution in [2.24, 2.45) is 5.73 Å². The van der Waals surface area contributed by atoms with E-state index >= 15 is 0 Å². The number of amides is 1. The van der Waals surface area contributed by atoms with Crippen LogP contribution in [0.1, 0.15) is 23.8 Å². The Hall–Kier alpha value is -2.05. The molecular weight excluding hydrogens is 324 g/mol. The Morgan fingerprint density at radius 2 is 2.12 bits per heavy atom. The van der Waals surface area contributed by atoms with Gasteiger partial charge in [-0.3, -0.25) is 9.69 Å². The summed E-state index contributed by atoms with van der Waals surface area (Å²) in [7, 11) is 1.64. The summed E-state index contributed by atoms with van der Waals surface area (Å²) < 4.78 is 11.3. The molecule has 6 heteroatoms. The Morgan fingerprint density at radius 1 is 1.29 bits per heavy atom. The average molecular weight is 348 g/mol. The third-order valence-corrected chi connectivity index (χ3v) is 4.56. The first-order chi connectivity index (χ1) is 11.6. The van der Waals surface area contributed by atoms with Crippen molar-refractivity contribution in [3.05, 3.63) is 46.2 Å². The Balaban J connectivity index is 2.00. The molecule has 0 aliphatic rings. The van der Waals surface area contributed by atoms with Gasteiger partial charge in [0.1, 0.15) is 6.61 Å². The second kappa shape index (κ2) is 9.30. The third kappa shape index (κ3) is 5.54. The number of ether oxygens (including phenoxy) is 2. The van der Waals surface area contributed by atoms with Crippen molar-refractivity contribution in [2.75, 3.05) is 20.2 Å². The van der Waals surface area contributed by atoms with Crippen molar-refractivity contribution in [1.29, 1.82) is 0 Å². The van der Waals surface area contributed by atoms with Crippen LogP contribution in [0, 0.1) is 0 Å². The maximum absolute atomic E-state index is 10.9. The number of methoxy groups -OCH3 is 1. The van der Waals surface area contributed by atoms with Crippen LogP contribution in [0.2, 0.25) is 0 Å². The topological polar surface area (TPSA) is 64.8 Å². The summed E-state index contributed by atoms with van der Waals surface area (Å²) in [6.45, 7) is 4.85. The first-order valence-corrected chi connectivity index (χ1v) is 8.83. The molecule has 0 atom stereocenters. The molecule has 24 heavy (non-hydrogen) atoms. The molecule has 1 heterocycles. The first-order valence-electron chi connectivity index (χ1n) is 7.95. The Labute approximate surface area is 147 Å². The van der Waals surface area contributed by atoms with Crippen LogP contribution in [0.5, 0.6) is 11.5 Å². The molecule has 0 bridgehead atoms. The minimum absolute atomic E-state index is 0.275. The van der Waals surface area contributed by atoms with E-state index in [1.807, 2.05) is 35.7 Å². The summed E-state index contributed by atoms with van der Waals surface area (Å²) in [5.74, 6) is 1.17. The summed E-state index contributed by atoms with van der Waals surface area (Å²) >= 11 is 1.67. The average Bonchev–Trinajstić information content (AvgIpc) is 3.10. The van der Waals surface area contributed by atoms with E-state index in [1.165, 1.54) is 4.88 Å². The van der Waals surface area contributed by atoms with E-state index < -0.39 is 0 Å². The molecule has 2 N–H and O–H groups in total. The van der Waals surface area contributed by atoms with Crippen molar-refractivity contribution in [1.82, 2.24) is 4.90 Å². The third-order valence-electron chi connectivity index (χ3n) is 3.71. The lowest BCUT2D eigenvalue weighted by molar-refractivity contribution is -0.118. The number of nitrogens with two attached hydrogens (primary N) is 1. The van der Waals surface area contributed by atoms with Gasteiger partial charge in [-0.25, -0.2) is 0 Å². The van der Waals surface area contributed by atoms with Crippen molar-refractivity contribution in [3.63, 3.8) is 0 Å². The largest absolute Gasteiger partial charge is 0.493 e. The number of rotatable bonds is 10. The molecule has 0 aliphatic heterocycles. The van der Waals surface area contributed by atoms with Crippen LogP contribution in [0.4, 0.5) is 0 Å². The summed E-state index contributed by atoms with van der Waals surface area (Å²) in [4.78, 5) is 14.3. The van der Waals surface area contributed by atoms with Crippen molar-refractivity contribution in [3.8, 4) is 11.5 Å². The van der Waals surface area contributed by atoms with Gasteiger partial charge in [0.25, 0.3) is 0 Å². The van der Waals surface area contributed by atoms with E-state index in [-0.39, 0.29) is 5.91 Å². The molecule has 130 valence electrons. The fourth-order valence-electron chi connectivity index (χ4n) is 2.35. The fourth-order valence-corrected chi connectivity index (χ4v) is 2.96. The van der Waals surface area contributed by atoms with Gasteiger partial charge in [0.2, 0.25) is 5.91 Å².